The zero-order chi connectivity index (χ0) is 13.8. The van der Waals surface area contributed by atoms with Crippen molar-refractivity contribution in [2.75, 3.05) is 12.4 Å². The Balaban J connectivity index is 2.45. The summed E-state index contributed by atoms with van der Waals surface area (Å²) in [4.78, 5) is 4.21. The van der Waals surface area contributed by atoms with Crippen LogP contribution in [0.3, 0.4) is 0 Å². The monoisotopic (exact) mass is 317 g/mol. The normalized spacial score (nSPS) is 9.79. The molecule has 0 aliphatic heterocycles. The molecule has 5 heteroatoms. The minimum atomic E-state index is 0.527. The van der Waals surface area contributed by atoms with E-state index in [0.717, 1.165) is 15.7 Å². The number of methoxy groups -OCH3 is 1. The highest BCUT2D eigenvalue weighted by atomic mass is 79.9. The molecule has 4 nitrogen and oxygen atoms in total. The fourth-order valence-corrected chi connectivity index (χ4v) is 2.06. The number of nitriles is 1. The molecule has 0 radical (unpaired) electrons. The Morgan fingerprint density at radius 3 is 2.84 bits per heavy atom. The van der Waals surface area contributed by atoms with Crippen molar-refractivity contribution in [2.24, 2.45) is 0 Å². The first-order chi connectivity index (χ1) is 9.15. The number of rotatable bonds is 3. The molecule has 0 bridgehead atoms. The summed E-state index contributed by atoms with van der Waals surface area (Å²) in [5.74, 6) is 1.22. The van der Waals surface area contributed by atoms with Gasteiger partial charge in [0.1, 0.15) is 17.6 Å². The third kappa shape index (κ3) is 2.85. The maximum absolute atomic E-state index is 9.19. The van der Waals surface area contributed by atoms with E-state index in [1.807, 2.05) is 31.2 Å². The van der Waals surface area contributed by atoms with Gasteiger partial charge in [0.25, 0.3) is 0 Å². The van der Waals surface area contributed by atoms with Crippen LogP contribution in [0.15, 0.2) is 34.9 Å². The lowest BCUT2D eigenvalue weighted by Crippen LogP contribution is -2.00. The fourth-order valence-electron chi connectivity index (χ4n) is 1.70. The number of nitrogens with zero attached hydrogens (tertiary/aromatic N) is 2. The molecule has 0 saturated heterocycles. The predicted octanol–water partition coefficient (Wildman–Crippen LogP) is 3.78. The van der Waals surface area contributed by atoms with Crippen LogP contribution < -0.4 is 10.1 Å². The van der Waals surface area contributed by atoms with Gasteiger partial charge in [-0.25, -0.2) is 4.98 Å². The summed E-state index contributed by atoms with van der Waals surface area (Å²) >= 11 is 3.41. The van der Waals surface area contributed by atoms with Gasteiger partial charge in [0.15, 0.2) is 0 Å². The molecule has 0 spiro atoms. The van der Waals surface area contributed by atoms with Crippen molar-refractivity contribution in [1.29, 1.82) is 5.26 Å². The molecule has 1 heterocycles. The lowest BCUT2D eigenvalue weighted by Gasteiger charge is -2.12. The fraction of sp³-hybridized carbons (Fsp3) is 0.143. The number of pyridine rings is 1. The number of aryl methyl sites for hydroxylation is 1. The van der Waals surface area contributed by atoms with Crippen molar-refractivity contribution in [3.8, 4) is 11.8 Å². The van der Waals surface area contributed by atoms with Crippen LogP contribution in [0.2, 0.25) is 0 Å². The molecule has 2 rings (SSSR count). The predicted molar refractivity (Wildman–Crippen MR) is 77.7 cm³/mol. The van der Waals surface area contributed by atoms with Crippen molar-refractivity contribution >= 4 is 27.4 Å². The van der Waals surface area contributed by atoms with E-state index in [9.17, 15) is 5.26 Å². The molecule has 0 amide bonds. The number of hydrogen-bond donors (Lipinski definition) is 1. The molecule has 1 aromatic carbocycles. The van der Waals surface area contributed by atoms with Crippen LogP contribution in [0.1, 0.15) is 11.1 Å². The number of anilines is 2. The molecule has 0 aliphatic carbocycles. The van der Waals surface area contributed by atoms with Crippen LogP contribution in [-0.2, 0) is 0 Å². The first-order valence-electron chi connectivity index (χ1n) is 5.62. The van der Waals surface area contributed by atoms with Gasteiger partial charge in [-0.15, -0.1) is 0 Å². The van der Waals surface area contributed by atoms with Crippen LogP contribution in [-0.4, -0.2) is 12.1 Å². The van der Waals surface area contributed by atoms with Gasteiger partial charge in [-0.05, 0) is 36.8 Å². The molecular weight excluding hydrogens is 306 g/mol. The second-order valence-electron chi connectivity index (χ2n) is 3.93. The van der Waals surface area contributed by atoms with Crippen molar-refractivity contribution < 1.29 is 4.74 Å². The van der Waals surface area contributed by atoms with E-state index in [2.05, 4.69) is 32.3 Å². The lowest BCUT2D eigenvalue weighted by atomic mass is 10.1. The molecule has 0 unspecified atom stereocenters. The molecular formula is C14H12BrN3O. The van der Waals surface area contributed by atoms with E-state index < -0.39 is 0 Å². The molecule has 0 fully saturated rings. The second kappa shape index (κ2) is 5.72. The van der Waals surface area contributed by atoms with E-state index in [1.54, 1.807) is 13.3 Å². The van der Waals surface area contributed by atoms with Crippen LogP contribution in [0, 0.1) is 18.3 Å². The highest BCUT2D eigenvalue weighted by Crippen LogP contribution is 2.31. The van der Waals surface area contributed by atoms with Crippen LogP contribution in [0.5, 0.6) is 5.75 Å². The average molecular weight is 318 g/mol. The first kappa shape index (κ1) is 13.4. The van der Waals surface area contributed by atoms with Gasteiger partial charge in [-0.1, -0.05) is 15.9 Å². The van der Waals surface area contributed by atoms with Crippen LogP contribution in [0.4, 0.5) is 11.5 Å². The Morgan fingerprint density at radius 1 is 1.37 bits per heavy atom. The summed E-state index contributed by atoms with van der Waals surface area (Å²) in [7, 11) is 1.60. The number of nitrogens with one attached hydrogen (secondary N) is 1. The van der Waals surface area contributed by atoms with E-state index in [0.29, 0.717) is 17.1 Å². The Labute approximate surface area is 120 Å². The van der Waals surface area contributed by atoms with Crippen molar-refractivity contribution in [3.63, 3.8) is 0 Å². The summed E-state index contributed by atoms with van der Waals surface area (Å²) in [6, 6.07) is 9.57. The molecule has 19 heavy (non-hydrogen) atoms. The summed E-state index contributed by atoms with van der Waals surface area (Å²) in [5.41, 5.74) is 2.17. The number of aromatic nitrogens is 1. The van der Waals surface area contributed by atoms with Crippen molar-refractivity contribution in [2.45, 2.75) is 6.92 Å². The SMILES string of the molecule is COc1ccc(Br)cc1Nc1nccc(C)c1C#N. The maximum Gasteiger partial charge on any atom is 0.148 e. The average Bonchev–Trinajstić information content (AvgIpc) is 2.39. The van der Waals surface area contributed by atoms with Gasteiger partial charge in [-0.2, -0.15) is 5.26 Å². The van der Waals surface area contributed by atoms with Crippen LogP contribution in [0.25, 0.3) is 0 Å². The quantitative estimate of drug-likeness (QED) is 0.936. The Morgan fingerprint density at radius 2 is 2.16 bits per heavy atom. The minimum absolute atomic E-state index is 0.527. The number of benzene rings is 1. The van der Waals surface area contributed by atoms with Gasteiger partial charge in [0.05, 0.1) is 18.4 Å². The second-order valence-corrected chi connectivity index (χ2v) is 4.85. The molecule has 1 aromatic heterocycles. The zero-order valence-corrected chi connectivity index (χ0v) is 12.2. The van der Waals surface area contributed by atoms with Gasteiger partial charge < -0.3 is 10.1 Å². The summed E-state index contributed by atoms with van der Waals surface area (Å²) in [6.45, 7) is 1.88. The van der Waals surface area contributed by atoms with Gasteiger partial charge in [0.2, 0.25) is 0 Å². The molecule has 0 atom stereocenters. The van der Waals surface area contributed by atoms with Gasteiger partial charge >= 0.3 is 0 Å². The summed E-state index contributed by atoms with van der Waals surface area (Å²) in [5, 5.41) is 12.3. The van der Waals surface area contributed by atoms with Gasteiger partial charge in [0, 0.05) is 10.7 Å². The third-order valence-electron chi connectivity index (χ3n) is 2.69. The molecule has 1 N–H and O–H groups in total. The molecule has 2 aromatic rings. The molecule has 0 aliphatic rings. The zero-order valence-electron chi connectivity index (χ0n) is 10.6. The topological polar surface area (TPSA) is 57.9 Å². The Hall–Kier alpha value is -2.06. The van der Waals surface area contributed by atoms with Crippen LogP contribution >= 0.6 is 15.9 Å². The minimum Gasteiger partial charge on any atom is -0.495 e. The standard InChI is InChI=1S/C14H12BrN3O/c1-9-5-6-17-14(11(9)8-16)18-12-7-10(15)3-4-13(12)19-2/h3-7H,1-2H3,(H,17,18). The van der Waals surface area contributed by atoms with Gasteiger partial charge in [-0.3, -0.25) is 0 Å². The highest BCUT2D eigenvalue weighted by Gasteiger charge is 2.10. The largest absolute Gasteiger partial charge is 0.495 e. The molecule has 0 saturated carbocycles. The number of ether oxygens (including phenoxy) is 1. The lowest BCUT2D eigenvalue weighted by molar-refractivity contribution is 0.416. The Bertz CT molecular complexity index is 650. The van der Waals surface area contributed by atoms with E-state index in [1.165, 1.54) is 0 Å². The Kier molecular flexibility index (Phi) is 4.03. The van der Waals surface area contributed by atoms with E-state index in [-0.39, 0.29) is 0 Å². The molecule has 96 valence electrons. The smallest absolute Gasteiger partial charge is 0.148 e. The maximum atomic E-state index is 9.19. The van der Waals surface area contributed by atoms with E-state index in [4.69, 9.17) is 4.74 Å². The first-order valence-corrected chi connectivity index (χ1v) is 6.41. The highest BCUT2D eigenvalue weighted by molar-refractivity contribution is 9.10. The number of halogens is 1. The number of hydrogen-bond acceptors (Lipinski definition) is 4. The third-order valence-corrected chi connectivity index (χ3v) is 3.18. The summed E-state index contributed by atoms with van der Waals surface area (Å²) < 4.78 is 6.20. The summed E-state index contributed by atoms with van der Waals surface area (Å²) in [6.07, 6.45) is 1.67. The van der Waals surface area contributed by atoms with E-state index >= 15 is 0 Å². The van der Waals surface area contributed by atoms with Crippen molar-refractivity contribution in [1.82, 2.24) is 4.98 Å². The van der Waals surface area contributed by atoms with Crippen molar-refractivity contribution in [3.05, 3.63) is 46.1 Å².